The molecule has 0 aliphatic carbocycles. The molecule has 1 N–H and O–H groups in total. The number of hydrogen-bond donors (Lipinski definition) is 1. The Morgan fingerprint density at radius 3 is 3.00 bits per heavy atom. The number of piperidine rings is 1. The molecular weight excluding hydrogens is 304 g/mol. The van der Waals surface area contributed by atoms with Crippen LogP contribution in [0, 0.1) is 5.41 Å². The van der Waals surface area contributed by atoms with Crippen LogP contribution in [0.25, 0.3) is 0 Å². The predicted molar refractivity (Wildman–Crippen MR) is 92.5 cm³/mol. The molecule has 0 bridgehead atoms. The first-order valence-electron chi connectivity index (χ1n) is 8.82. The van der Waals surface area contributed by atoms with E-state index in [0.717, 1.165) is 51.4 Å². The molecule has 0 unspecified atom stereocenters. The molecule has 6 heteroatoms. The highest BCUT2D eigenvalue weighted by molar-refractivity contribution is 5.77. The Morgan fingerprint density at radius 1 is 1.33 bits per heavy atom. The Kier molecular flexibility index (Phi) is 5.81. The minimum Gasteiger partial charge on any atom is -0.379 e. The molecule has 3 rings (SSSR count). The molecule has 132 valence electrons. The van der Waals surface area contributed by atoms with E-state index >= 15 is 0 Å². The highest BCUT2D eigenvalue weighted by Gasteiger charge is 2.39. The number of nitrogens with zero attached hydrogens (tertiary/aromatic N) is 3. The van der Waals surface area contributed by atoms with E-state index < -0.39 is 0 Å². The number of likely N-dealkylation sites (N-methyl/N-ethyl adjacent to an activating group) is 1. The molecule has 0 saturated carbocycles. The summed E-state index contributed by atoms with van der Waals surface area (Å²) in [4.78, 5) is 20.9. The third kappa shape index (κ3) is 4.53. The summed E-state index contributed by atoms with van der Waals surface area (Å²) in [7, 11) is 1.70. The number of carbonyl (C=O) groups is 1. The van der Waals surface area contributed by atoms with Crippen molar-refractivity contribution in [2.45, 2.75) is 19.4 Å². The first-order chi connectivity index (χ1) is 11.7. The van der Waals surface area contributed by atoms with E-state index in [1.165, 1.54) is 6.42 Å². The number of ether oxygens (including phenoxy) is 1. The average Bonchev–Trinajstić information content (AvgIpc) is 2.78. The monoisotopic (exact) mass is 332 g/mol. The summed E-state index contributed by atoms with van der Waals surface area (Å²) < 4.78 is 5.92. The standard InChI is InChI=1S/C18H28N4O2/c1-19-17(23)12-22-9-10-24-15-18(14-22)6-4-8-21(13-18)11-16-5-2-3-7-20-16/h2-3,5,7H,4,6,8-15H2,1H3,(H,19,23)/t18-/m1/s1. The van der Waals surface area contributed by atoms with Gasteiger partial charge in [-0.15, -0.1) is 0 Å². The topological polar surface area (TPSA) is 57.7 Å². The van der Waals surface area contributed by atoms with Crippen LogP contribution in [0.2, 0.25) is 0 Å². The number of amides is 1. The molecular formula is C18H28N4O2. The lowest BCUT2D eigenvalue weighted by Crippen LogP contribution is -2.51. The lowest BCUT2D eigenvalue weighted by molar-refractivity contribution is -0.122. The van der Waals surface area contributed by atoms with Gasteiger partial charge in [0.1, 0.15) is 0 Å². The van der Waals surface area contributed by atoms with Gasteiger partial charge in [0.15, 0.2) is 0 Å². The quantitative estimate of drug-likeness (QED) is 0.881. The molecule has 2 saturated heterocycles. The Morgan fingerprint density at radius 2 is 2.21 bits per heavy atom. The fraction of sp³-hybridized carbons (Fsp3) is 0.667. The highest BCUT2D eigenvalue weighted by Crippen LogP contribution is 2.33. The van der Waals surface area contributed by atoms with Gasteiger partial charge in [0.05, 0.1) is 25.5 Å². The van der Waals surface area contributed by atoms with E-state index in [4.69, 9.17) is 4.74 Å². The van der Waals surface area contributed by atoms with E-state index in [-0.39, 0.29) is 11.3 Å². The molecule has 24 heavy (non-hydrogen) atoms. The normalized spacial score (nSPS) is 26.2. The number of aromatic nitrogens is 1. The van der Waals surface area contributed by atoms with Gasteiger partial charge in [-0.2, -0.15) is 0 Å². The van der Waals surface area contributed by atoms with Crippen molar-refractivity contribution in [3.8, 4) is 0 Å². The third-order valence-corrected chi connectivity index (χ3v) is 5.02. The SMILES string of the molecule is CNC(=O)CN1CCOC[C@@]2(CCCN(Cc3ccccn3)C2)C1. The maximum atomic E-state index is 11.8. The van der Waals surface area contributed by atoms with Crippen LogP contribution >= 0.6 is 0 Å². The zero-order valence-corrected chi connectivity index (χ0v) is 14.5. The van der Waals surface area contributed by atoms with Gasteiger partial charge in [0.25, 0.3) is 0 Å². The number of likely N-dealkylation sites (tertiary alicyclic amines) is 1. The summed E-state index contributed by atoms with van der Waals surface area (Å²) in [5.41, 5.74) is 1.24. The zero-order chi connectivity index (χ0) is 16.8. The molecule has 1 aromatic heterocycles. The van der Waals surface area contributed by atoms with Crippen molar-refractivity contribution in [1.82, 2.24) is 20.1 Å². The van der Waals surface area contributed by atoms with Crippen LogP contribution < -0.4 is 5.32 Å². The first-order valence-corrected chi connectivity index (χ1v) is 8.82. The summed E-state index contributed by atoms with van der Waals surface area (Å²) in [5.74, 6) is 0.0770. The summed E-state index contributed by atoms with van der Waals surface area (Å²) in [6.45, 7) is 6.71. The number of hydrogen-bond acceptors (Lipinski definition) is 5. The summed E-state index contributed by atoms with van der Waals surface area (Å²) >= 11 is 0. The van der Waals surface area contributed by atoms with E-state index in [1.807, 2.05) is 18.3 Å². The second-order valence-electron chi connectivity index (χ2n) is 7.07. The van der Waals surface area contributed by atoms with Crippen molar-refractivity contribution in [1.29, 1.82) is 0 Å². The minimum atomic E-state index is 0.0770. The Bertz CT molecular complexity index is 539. The molecule has 1 atom stereocenters. The van der Waals surface area contributed by atoms with E-state index in [1.54, 1.807) is 7.05 Å². The third-order valence-electron chi connectivity index (χ3n) is 5.02. The molecule has 1 amide bonds. The summed E-state index contributed by atoms with van der Waals surface area (Å²) in [6.07, 6.45) is 4.19. The Hall–Kier alpha value is -1.50. The van der Waals surface area contributed by atoms with E-state index in [0.29, 0.717) is 13.2 Å². The van der Waals surface area contributed by atoms with Gasteiger partial charge in [-0.05, 0) is 31.5 Å². The Balaban J connectivity index is 1.65. The second kappa shape index (κ2) is 8.05. The van der Waals surface area contributed by atoms with Crippen LogP contribution in [0.3, 0.4) is 0 Å². The minimum absolute atomic E-state index is 0.0770. The summed E-state index contributed by atoms with van der Waals surface area (Å²) in [6, 6.07) is 6.08. The van der Waals surface area contributed by atoms with Gasteiger partial charge in [-0.25, -0.2) is 0 Å². The van der Waals surface area contributed by atoms with Gasteiger partial charge in [-0.1, -0.05) is 6.07 Å². The smallest absolute Gasteiger partial charge is 0.233 e. The molecule has 2 aliphatic rings. The first kappa shape index (κ1) is 17.3. The van der Waals surface area contributed by atoms with Crippen LogP contribution in [0.4, 0.5) is 0 Å². The van der Waals surface area contributed by atoms with Gasteiger partial charge >= 0.3 is 0 Å². The molecule has 1 aromatic rings. The van der Waals surface area contributed by atoms with Crippen molar-refractivity contribution >= 4 is 5.91 Å². The number of rotatable bonds is 4. The lowest BCUT2D eigenvalue weighted by atomic mass is 9.80. The molecule has 3 heterocycles. The maximum absolute atomic E-state index is 11.8. The van der Waals surface area contributed by atoms with Crippen LogP contribution in [-0.2, 0) is 16.1 Å². The largest absolute Gasteiger partial charge is 0.379 e. The number of carbonyl (C=O) groups excluding carboxylic acids is 1. The molecule has 6 nitrogen and oxygen atoms in total. The Labute approximate surface area is 144 Å². The van der Waals surface area contributed by atoms with Crippen molar-refractivity contribution in [2.75, 3.05) is 53.0 Å². The van der Waals surface area contributed by atoms with Gasteiger partial charge in [0.2, 0.25) is 5.91 Å². The molecule has 2 fully saturated rings. The van der Waals surface area contributed by atoms with Crippen LogP contribution in [0.5, 0.6) is 0 Å². The van der Waals surface area contributed by atoms with Crippen LogP contribution in [0.1, 0.15) is 18.5 Å². The van der Waals surface area contributed by atoms with Crippen molar-refractivity contribution in [3.63, 3.8) is 0 Å². The maximum Gasteiger partial charge on any atom is 0.233 e. The lowest BCUT2D eigenvalue weighted by Gasteiger charge is -2.43. The number of pyridine rings is 1. The van der Waals surface area contributed by atoms with Crippen molar-refractivity contribution in [3.05, 3.63) is 30.1 Å². The molecule has 2 aliphatic heterocycles. The fourth-order valence-corrected chi connectivity index (χ4v) is 3.91. The molecule has 0 radical (unpaired) electrons. The van der Waals surface area contributed by atoms with Gasteiger partial charge in [-0.3, -0.25) is 19.6 Å². The fourth-order valence-electron chi connectivity index (χ4n) is 3.91. The molecule has 0 aromatic carbocycles. The van der Waals surface area contributed by atoms with Gasteiger partial charge < -0.3 is 10.1 Å². The van der Waals surface area contributed by atoms with Crippen LogP contribution in [-0.4, -0.2) is 73.7 Å². The average molecular weight is 332 g/mol. The zero-order valence-electron chi connectivity index (χ0n) is 14.5. The number of nitrogens with one attached hydrogen (secondary N) is 1. The van der Waals surface area contributed by atoms with Gasteiger partial charge in [0, 0.05) is 44.8 Å². The second-order valence-corrected chi connectivity index (χ2v) is 7.07. The highest BCUT2D eigenvalue weighted by atomic mass is 16.5. The van der Waals surface area contributed by atoms with Crippen molar-refractivity contribution < 1.29 is 9.53 Å². The van der Waals surface area contributed by atoms with Crippen molar-refractivity contribution in [2.24, 2.45) is 5.41 Å². The predicted octanol–water partition coefficient (Wildman–Crippen LogP) is 0.742. The van der Waals surface area contributed by atoms with E-state index in [9.17, 15) is 4.79 Å². The molecule has 1 spiro atoms. The summed E-state index contributed by atoms with van der Waals surface area (Å²) in [5, 5.41) is 2.73. The van der Waals surface area contributed by atoms with Crippen LogP contribution in [0.15, 0.2) is 24.4 Å². The van der Waals surface area contributed by atoms with E-state index in [2.05, 4.69) is 26.2 Å².